The minimum atomic E-state index is -0.266. The molecule has 0 aliphatic rings. The first kappa shape index (κ1) is 12.6. The summed E-state index contributed by atoms with van der Waals surface area (Å²) in [6, 6.07) is 7.75. The molecule has 92 valence electrons. The second kappa shape index (κ2) is 5.65. The number of nitrogens with zero attached hydrogens (tertiary/aromatic N) is 1. The molecule has 1 aromatic carbocycles. The lowest BCUT2D eigenvalue weighted by Gasteiger charge is -2.03. The molecule has 1 heterocycles. The lowest BCUT2D eigenvalue weighted by molar-refractivity contribution is -0.139. The van der Waals surface area contributed by atoms with Crippen LogP contribution in [-0.4, -0.2) is 18.1 Å². The normalized spacial score (nSPS) is 11.0. The average molecular weight is 262 g/mol. The summed E-state index contributed by atoms with van der Waals surface area (Å²) in [5.41, 5.74) is 0.930. The van der Waals surface area contributed by atoms with Gasteiger partial charge in [-0.2, -0.15) is 0 Å². The lowest BCUT2D eigenvalue weighted by Crippen LogP contribution is -1.96. The molecule has 0 aliphatic carbocycles. The molecule has 0 saturated carbocycles. The fourth-order valence-electron chi connectivity index (χ4n) is 1.68. The van der Waals surface area contributed by atoms with Gasteiger partial charge in [0.1, 0.15) is 5.15 Å². The van der Waals surface area contributed by atoms with Gasteiger partial charge in [0.05, 0.1) is 13.5 Å². The molecule has 4 heteroatoms. The fraction of sp³-hybridized carbons (Fsp3) is 0.143. The van der Waals surface area contributed by atoms with E-state index in [2.05, 4.69) is 9.72 Å². The lowest BCUT2D eigenvalue weighted by atomic mass is 10.1. The highest BCUT2D eigenvalue weighted by Crippen LogP contribution is 2.24. The number of hydrogen-bond donors (Lipinski definition) is 0. The molecule has 0 fully saturated rings. The van der Waals surface area contributed by atoms with E-state index in [1.807, 2.05) is 30.3 Å². The van der Waals surface area contributed by atoms with Crippen LogP contribution in [0.1, 0.15) is 12.0 Å². The quantitative estimate of drug-likeness (QED) is 0.627. The number of benzene rings is 1. The Balaban J connectivity index is 2.34. The molecule has 0 amide bonds. The van der Waals surface area contributed by atoms with E-state index in [1.54, 1.807) is 12.3 Å². The van der Waals surface area contributed by atoms with E-state index in [0.717, 1.165) is 16.3 Å². The third-order valence-electron chi connectivity index (χ3n) is 2.59. The van der Waals surface area contributed by atoms with Gasteiger partial charge in [-0.3, -0.25) is 4.79 Å². The van der Waals surface area contributed by atoms with E-state index < -0.39 is 0 Å². The maximum Gasteiger partial charge on any atom is 0.309 e. The number of hydrogen-bond acceptors (Lipinski definition) is 3. The highest BCUT2D eigenvalue weighted by Gasteiger charge is 2.03. The predicted octanol–water partition coefficient (Wildman–Crippen LogP) is 3.46. The van der Waals surface area contributed by atoms with Crippen LogP contribution in [0.5, 0.6) is 0 Å². The largest absolute Gasteiger partial charge is 0.469 e. The number of aromatic nitrogens is 1. The number of pyridine rings is 1. The van der Waals surface area contributed by atoms with E-state index in [-0.39, 0.29) is 12.4 Å². The van der Waals surface area contributed by atoms with Crippen LogP contribution < -0.4 is 0 Å². The van der Waals surface area contributed by atoms with Crippen LogP contribution in [0.4, 0.5) is 0 Å². The number of ether oxygens (including phenoxy) is 1. The summed E-state index contributed by atoms with van der Waals surface area (Å²) in [6.07, 6.45) is 5.54. The number of fused-ring (bicyclic) bond motifs is 1. The van der Waals surface area contributed by atoms with Crippen molar-refractivity contribution in [2.75, 3.05) is 7.11 Å². The van der Waals surface area contributed by atoms with Gasteiger partial charge < -0.3 is 4.74 Å². The van der Waals surface area contributed by atoms with Gasteiger partial charge in [-0.15, -0.1) is 0 Å². The van der Waals surface area contributed by atoms with Crippen LogP contribution >= 0.6 is 11.6 Å². The maximum atomic E-state index is 11.0. The molecule has 0 bridgehead atoms. The predicted molar refractivity (Wildman–Crippen MR) is 72.4 cm³/mol. The Morgan fingerprint density at radius 1 is 1.39 bits per heavy atom. The summed E-state index contributed by atoms with van der Waals surface area (Å²) < 4.78 is 4.57. The minimum absolute atomic E-state index is 0.244. The zero-order chi connectivity index (χ0) is 13.0. The summed E-state index contributed by atoms with van der Waals surface area (Å²) in [5, 5.41) is 2.40. The zero-order valence-electron chi connectivity index (χ0n) is 9.89. The molecular weight excluding hydrogens is 250 g/mol. The first-order valence-electron chi connectivity index (χ1n) is 5.49. The molecule has 3 nitrogen and oxygen atoms in total. The van der Waals surface area contributed by atoms with E-state index in [9.17, 15) is 4.79 Å². The number of carbonyl (C=O) groups excluding carboxylic acids is 1. The number of esters is 1. The van der Waals surface area contributed by atoms with Crippen LogP contribution in [0.25, 0.3) is 16.8 Å². The fourth-order valence-corrected chi connectivity index (χ4v) is 1.89. The van der Waals surface area contributed by atoms with Gasteiger partial charge in [0.2, 0.25) is 0 Å². The van der Waals surface area contributed by atoms with Crippen molar-refractivity contribution in [3.63, 3.8) is 0 Å². The number of carbonyl (C=O) groups is 1. The SMILES string of the molecule is COC(=O)CC=Cc1cnc(Cl)c2ccccc12. The number of rotatable bonds is 3. The number of halogens is 1. The molecule has 0 radical (unpaired) electrons. The topological polar surface area (TPSA) is 39.2 Å². The second-order valence-electron chi connectivity index (χ2n) is 3.73. The Morgan fingerprint density at radius 3 is 2.83 bits per heavy atom. The summed E-state index contributed by atoms with van der Waals surface area (Å²) in [6.45, 7) is 0. The maximum absolute atomic E-state index is 11.0. The van der Waals surface area contributed by atoms with Crippen LogP contribution in [0.3, 0.4) is 0 Å². The van der Waals surface area contributed by atoms with Crippen molar-refractivity contribution in [2.45, 2.75) is 6.42 Å². The molecule has 0 spiro atoms. The van der Waals surface area contributed by atoms with Crippen molar-refractivity contribution < 1.29 is 9.53 Å². The molecule has 0 atom stereocenters. The van der Waals surface area contributed by atoms with Crippen molar-refractivity contribution in [2.24, 2.45) is 0 Å². The van der Waals surface area contributed by atoms with E-state index in [1.165, 1.54) is 7.11 Å². The molecule has 1 aromatic heterocycles. The van der Waals surface area contributed by atoms with Gasteiger partial charge in [0.25, 0.3) is 0 Å². The zero-order valence-corrected chi connectivity index (χ0v) is 10.6. The first-order valence-corrected chi connectivity index (χ1v) is 5.87. The molecule has 0 aliphatic heterocycles. The van der Waals surface area contributed by atoms with Crippen molar-refractivity contribution in [1.29, 1.82) is 0 Å². The molecule has 18 heavy (non-hydrogen) atoms. The van der Waals surface area contributed by atoms with Gasteiger partial charge in [-0.1, -0.05) is 48.0 Å². The van der Waals surface area contributed by atoms with E-state index in [4.69, 9.17) is 11.6 Å². The van der Waals surface area contributed by atoms with Gasteiger partial charge in [-0.05, 0) is 5.39 Å². The van der Waals surface area contributed by atoms with Gasteiger partial charge >= 0.3 is 5.97 Å². The van der Waals surface area contributed by atoms with E-state index >= 15 is 0 Å². The first-order chi connectivity index (χ1) is 8.72. The van der Waals surface area contributed by atoms with Crippen LogP contribution in [-0.2, 0) is 9.53 Å². The Kier molecular flexibility index (Phi) is 3.95. The number of methoxy groups -OCH3 is 1. The average Bonchev–Trinajstić information content (AvgIpc) is 2.41. The molecule has 0 N–H and O–H groups in total. The van der Waals surface area contributed by atoms with Gasteiger partial charge in [0.15, 0.2) is 0 Å². The molecule has 0 saturated heterocycles. The monoisotopic (exact) mass is 261 g/mol. The van der Waals surface area contributed by atoms with Crippen molar-refractivity contribution in [3.8, 4) is 0 Å². The third-order valence-corrected chi connectivity index (χ3v) is 2.89. The highest BCUT2D eigenvalue weighted by molar-refractivity contribution is 6.34. The van der Waals surface area contributed by atoms with Crippen molar-refractivity contribution in [3.05, 3.63) is 47.3 Å². The summed E-state index contributed by atoms with van der Waals surface area (Å²) in [7, 11) is 1.37. The van der Waals surface area contributed by atoms with E-state index in [0.29, 0.717) is 5.15 Å². The molecule has 2 rings (SSSR count). The third kappa shape index (κ3) is 2.68. The van der Waals surface area contributed by atoms with Crippen molar-refractivity contribution in [1.82, 2.24) is 4.98 Å². The summed E-state index contributed by atoms with van der Waals surface area (Å²) >= 11 is 6.03. The molecule has 2 aromatic rings. The Labute approximate surface area is 110 Å². The Morgan fingerprint density at radius 2 is 2.11 bits per heavy atom. The highest BCUT2D eigenvalue weighted by atomic mass is 35.5. The summed E-state index contributed by atoms with van der Waals surface area (Å²) in [5.74, 6) is -0.266. The van der Waals surface area contributed by atoms with Crippen LogP contribution in [0.2, 0.25) is 5.15 Å². The molecule has 0 unspecified atom stereocenters. The standard InChI is InChI=1S/C14H12ClNO2/c1-18-13(17)8-4-5-10-9-16-14(15)12-7-3-2-6-11(10)12/h2-7,9H,8H2,1H3. The smallest absolute Gasteiger partial charge is 0.309 e. The molecular formula is C14H12ClNO2. The Bertz CT molecular complexity index is 608. The van der Waals surface area contributed by atoms with Crippen LogP contribution in [0, 0.1) is 0 Å². The summed E-state index contributed by atoms with van der Waals surface area (Å²) in [4.78, 5) is 15.1. The minimum Gasteiger partial charge on any atom is -0.469 e. The van der Waals surface area contributed by atoms with Crippen molar-refractivity contribution >= 4 is 34.4 Å². The van der Waals surface area contributed by atoms with Crippen LogP contribution in [0.15, 0.2) is 36.5 Å². The Hall–Kier alpha value is -1.87. The van der Waals surface area contributed by atoms with Gasteiger partial charge in [-0.25, -0.2) is 4.98 Å². The van der Waals surface area contributed by atoms with Gasteiger partial charge in [0, 0.05) is 17.1 Å². The second-order valence-corrected chi connectivity index (χ2v) is 4.09.